The van der Waals surface area contributed by atoms with Crippen LogP contribution in [0.3, 0.4) is 0 Å². The highest BCUT2D eigenvalue weighted by Crippen LogP contribution is 2.35. The Kier molecular flexibility index (Phi) is 4.03. The molecule has 0 saturated heterocycles. The lowest BCUT2D eigenvalue weighted by atomic mass is 10.1. The molecule has 4 aromatic rings. The molecule has 0 aliphatic carbocycles. The van der Waals surface area contributed by atoms with Crippen LogP contribution in [0.2, 0.25) is 0 Å². The maximum absolute atomic E-state index is 7.37. The third-order valence-electron chi connectivity index (χ3n) is 4.18. The van der Waals surface area contributed by atoms with Gasteiger partial charge in [-0.05, 0) is 36.1 Å². The van der Waals surface area contributed by atoms with E-state index in [0.717, 1.165) is 16.2 Å². The molecule has 6 heteroatoms. The fourth-order valence-electron chi connectivity index (χ4n) is 2.88. The van der Waals surface area contributed by atoms with Crippen LogP contribution >= 0.6 is 11.8 Å². The Labute approximate surface area is 166 Å². The SMILES string of the molecule is [2H]C([2H])([2H])Oc1ccc(-c2nnc(SC)n3cccc23)c(OCc2ccccc2)c1. The number of nitrogens with zero attached hydrogens (tertiary/aromatic N) is 3. The van der Waals surface area contributed by atoms with E-state index in [2.05, 4.69) is 10.2 Å². The van der Waals surface area contributed by atoms with E-state index in [4.69, 9.17) is 13.6 Å². The monoisotopic (exact) mass is 380 g/mol. The predicted octanol–water partition coefficient (Wildman–Crippen LogP) is 4.71. The lowest BCUT2D eigenvalue weighted by Crippen LogP contribution is -2.02. The molecule has 2 aromatic carbocycles. The Hall–Kier alpha value is -2.99. The molecule has 0 radical (unpaired) electrons. The minimum atomic E-state index is -2.55. The molecule has 4 rings (SSSR count). The number of aromatic nitrogens is 3. The minimum Gasteiger partial charge on any atom is -0.497 e. The Morgan fingerprint density at radius 2 is 1.96 bits per heavy atom. The first-order valence-corrected chi connectivity index (χ1v) is 9.55. The summed E-state index contributed by atoms with van der Waals surface area (Å²) in [7, 11) is -2.55. The van der Waals surface area contributed by atoms with Crippen LogP contribution < -0.4 is 9.47 Å². The summed E-state index contributed by atoms with van der Waals surface area (Å²) >= 11 is 1.50. The topological polar surface area (TPSA) is 48.7 Å². The number of hydrogen-bond acceptors (Lipinski definition) is 5. The number of benzene rings is 2. The molecule has 136 valence electrons. The highest BCUT2D eigenvalue weighted by Gasteiger charge is 2.15. The highest BCUT2D eigenvalue weighted by atomic mass is 32.2. The second-order valence-corrected chi connectivity index (χ2v) is 6.61. The van der Waals surface area contributed by atoms with Crippen LogP contribution in [-0.2, 0) is 6.61 Å². The molecule has 0 unspecified atom stereocenters. The van der Waals surface area contributed by atoms with Crippen molar-refractivity contribution >= 4 is 17.3 Å². The van der Waals surface area contributed by atoms with Gasteiger partial charge < -0.3 is 9.47 Å². The van der Waals surface area contributed by atoms with E-state index in [0.29, 0.717) is 23.6 Å². The van der Waals surface area contributed by atoms with E-state index in [9.17, 15) is 0 Å². The van der Waals surface area contributed by atoms with Gasteiger partial charge in [-0.3, -0.25) is 4.40 Å². The standard InChI is InChI=1S/C21H19N3O2S/c1-25-16-10-11-17(19(13-16)26-14-15-7-4-3-5-8-15)20-18-9-6-12-24(18)21(27-2)23-22-20/h3-13H,14H2,1-2H3/i1D3. The zero-order chi connectivity index (χ0) is 21.1. The predicted molar refractivity (Wildman–Crippen MR) is 108 cm³/mol. The highest BCUT2D eigenvalue weighted by molar-refractivity contribution is 7.98. The van der Waals surface area contributed by atoms with Crippen LogP contribution in [0.15, 0.2) is 72.0 Å². The average molecular weight is 380 g/mol. The van der Waals surface area contributed by atoms with Crippen molar-refractivity contribution in [3.63, 3.8) is 0 Å². The molecular formula is C21H19N3O2S. The molecule has 0 spiro atoms. The zero-order valence-electron chi connectivity index (χ0n) is 17.6. The fraction of sp³-hybridized carbons (Fsp3) is 0.143. The molecule has 0 aliphatic heterocycles. The van der Waals surface area contributed by atoms with Gasteiger partial charge in [-0.25, -0.2) is 0 Å². The van der Waals surface area contributed by atoms with Crippen molar-refractivity contribution < 1.29 is 13.6 Å². The van der Waals surface area contributed by atoms with Crippen molar-refractivity contribution in [3.8, 4) is 22.8 Å². The molecule has 2 heterocycles. The van der Waals surface area contributed by atoms with Crippen molar-refractivity contribution in [2.75, 3.05) is 13.3 Å². The lowest BCUT2D eigenvalue weighted by molar-refractivity contribution is 0.305. The third-order valence-corrected chi connectivity index (χ3v) is 4.82. The van der Waals surface area contributed by atoms with Crippen molar-refractivity contribution in [2.24, 2.45) is 0 Å². The molecule has 5 nitrogen and oxygen atoms in total. The Bertz CT molecular complexity index is 1160. The second-order valence-electron chi connectivity index (χ2n) is 5.83. The minimum absolute atomic E-state index is 0.196. The molecule has 0 N–H and O–H groups in total. The maximum Gasteiger partial charge on any atom is 0.194 e. The first-order chi connectivity index (χ1) is 14.4. The molecule has 0 atom stereocenters. The van der Waals surface area contributed by atoms with Crippen molar-refractivity contribution in [1.82, 2.24) is 14.6 Å². The Balaban J connectivity index is 1.77. The van der Waals surface area contributed by atoms with Gasteiger partial charge in [0.25, 0.3) is 0 Å². The van der Waals surface area contributed by atoms with Gasteiger partial charge in [-0.15, -0.1) is 10.2 Å². The van der Waals surface area contributed by atoms with Gasteiger partial charge in [0.15, 0.2) is 5.16 Å². The molecule has 2 aromatic heterocycles. The van der Waals surface area contributed by atoms with Crippen LogP contribution in [0, 0.1) is 0 Å². The van der Waals surface area contributed by atoms with E-state index in [1.807, 2.05) is 59.3 Å². The average Bonchev–Trinajstić information content (AvgIpc) is 3.21. The van der Waals surface area contributed by atoms with Gasteiger partial charge in [0.1, 0.15) is 23.8 Å². The number of methoxy groups -OCH3 is 1. The number of thioether (sulfide) groups is 1. The smallest absolute Gasteiger partial charge is 0.194 e. The normalized spacial score (nSPS) is 13.0. The van der Waals surface area contributed by atoms with Crippen molar-refractivity contribution in [2.45, 2.75) is 11.8 Å². The van der Waals surface area contributed by atoms with Gasteiger partial charge in [0, 0.05) is 17.8 Å². The van der Waals surface area contributed by atoms with E-state index in [-0.39, 0.29) is 5.75 Å². The molecule has 0 saturated carbocycles. The fourth-order valence-corrected chi connectivity index (χ4v) is 3.36. The molecular weight excluding hydrogens is 358 g/mol. The van der Waals surface area contributed by atoms with Crippen LogP contribution in [0.1, 0.15) is 9.68 Å². The van der Waals surface area contributed by atoms with Crippen LogP contribution in [0.5, 0.6) is 11.5 Å². The lowest BCUT2D eigenvalue weighted by Gasteiger charge is -2.14. The summed E-state index contributed by atoms with van der Waals surface area (Å²) in [5, 5.41) is 9.50. The van der Waals surface area contributed by atoms with Crippen LogP contribution in [0.4, 0.5) is 0 Å². The second kappa shape index (κ2) is 7.72. The first-order valence-electron chi connectivity index (χ1n) is 9.82. The quantitative estimate of drug-likeness (QED) is 0.454. The number of ether oxygens (including phenoxy) is 2. The molecule has 0 aliphatic rings. The molecule has 0 bridgehead atoms. The van der Waals surface area contributed by atoms with Crippen molar-refractivity contribution in [3.05, 3.63) is 72.4 Å². The zero-order valence-corrected chi connectivity index (χ0v) is 15.4. The summed E-state index contributed by atoms with van der Waals surface area (Å²) in [6.07, 6.45) is 3.87. The molecule has 0 fully saturated rings. The van der Waals surface area contributed by atoms with Crippen LogP contribution in [0.25, 0.3) is 16.8 Å². The summed E-state index contributed by atoms with van der Waals surface area (Å²) < 4.78 is 35.2. The largest absolute Gasteiger partial charge is 0.497 e. The molecule has 27 heavy (non-hydrogen) atoms. The number of hydrogen-bond donors (Lipinski definition) is 0. The van der Waals surface area contributed by atoms with E-state index in [1.54, 1.807) is 18.2 Å². The van der Waals surface area contributed by atoms with E-state index in [1.165, 1.54) is 11.8 Å². The summed E-state index contributed by atoms with van der Waals surface area (Å²) in [5.74, 6) is 0.664. The number of rotatable bonds is 6. The van der Waals surface area contributed by atoms with Gasteiger partial charge in [0.2, 0.25) is 0 Å². The number of fused-ring (bicyclic) bond motifs is 1. The maximum atomic E-state index is 7.37. The van der Waals surface area contributed by atoms with Gasteiger partial charge >= 0.3 is 0 Å². The third kappa shape index (κ3) is 3.48. The Morgan fingerprint density at radius 1 is 1.07 bits per heavy atom. The van der Waals surface area contributed by atoms with E-state index >= 15 is 0 Å². The molecule has 0 amide bonds. The first kappa shape index (κ1) is 14.1. The summed E-state index contributed by atoms with van der Waals surface area (Å²) in [6, 6.07) is 18.5. The van der Waals surface area contributed by atoms with E-state index < -0.39 is 7.04 Å². The summed E-state index contributed by atoms with van der Waals surface area (Å²) in [6.45, 7) is 0.318. The van der Waals surface area contributed by atoms with Crippen LogP contribution in [-0.4, -0.2) is 27.9 Å². The Morgan fingerprint density at radius 3 is 2.78 bits per heavy atom. The van der Waals surface area contributed by atoms with Crippen molar-refractivity contribution in [1.29, 1.82) is 0 Å². The van der Waals surface area contributed by atoms with Gasteiger partial charge in [-0.2, -0.15) is 0 Å². The van der Waals surface area contributed by atoms with Gasteiger partial charge in [0.05, 0.1) is 16.7 Å². The summed E-state index contributed by atoms with van der Waals surface area (Å²) in [5.41, 5.74) is 3.21. The summed E-state index contributed by atoms with van der Waals surface area (Å²) in [4.78, 5) is 0. The van der Waals surface area contributed by atoms with Gasteiger partial charge in [-0.1, -0.05) is 42.1 Å².